The van der Waals surface area contributed by atoms with Crippen LogP contribution in [0.3, 0.4) is 0 Å². The molecule has 3 rings (SSSR count). The molecule has 162 valence electrons. The number of aromatic amines is 1. The number of hydrogen-bond acceptors (Lipinski definition) is 7. The number of anilines is 1. The van der Waals surface area contributed by atoms with E-state index in [0.717, 1.165) is 19.0 Å². The summed E-state index contributed by atoms with van der Waals surface area (Å²) in [4.78, 5) is 33.6. The molecular weight excluding hydrogens is 400 g/mol. The molecule has 1 atom stereocenters. The third-order valence-corrected chi connectivity index (χ3v) is 6.46. The molecule has 1 unspecified atom stereocenters. The molecule has 0 bridgehead atoms. The van der Waals surface area contributed by atoms with E-state index in [9.17, 15) is 18.0 Å². The number of urea groups is 1. The van der Waals surface area contributed by atoms with Gasteiger partial charge in [0, 0.05) is 19.6 Å². The summed E-state index contributed by atoms with van der Waals surface area (Å²) in [5.41, 5.74) is 0.708. The van der Waals surface area contributed by atoms with Gasteiger partial charge in [-0.1, -0.05) is 6.42 Å². The first-order valence-corrected chi connectivity index (χ1v) is 11.5. The molecule has 1 aromatic heterocycles. The molecule has 2 saturated heterocycles. The lowest BCUT2D eigenvalue weighted by molar-refractivity contribution is -0.118. The van der Waals surface area contributed by atoms with Gasteiger partial charge in [-0.25, -0.2) is 22.9 Å². The van der Waals surface area contributed by atoms with Crippen molar-refractivity contribution in [2.45, 2.75) is 32.2 Å². The Morgan fingerprint density at radius 3 is 2.69 bits per heavy atom. The van der Waals surface area contributed by atoms with Gasteiger partial charge in [-0.2, -0.15) is 0 Å². The second kappa shape index (κ2) is 9.55. The fourth-order valence-electron chi connectivity index (χ4n) is 3.31. The Kier molecular flexibility index (Phi) is 7.09. The van der Waals surface area contributed by atoms with Gasteiger partial charge in [-0.3, -0.25) is 10.1 Å². The molecule has 0 spiro atoms. The maximum Gasteiger partial charge on any atom is 0.324 e. The monoisotopic (exact) mass is 428 g/mol. The quantitative estimate of drug-likeness (QED) is 0.351. The Morgan fingerprint density at radius 1 is 1.24 bits per heavy atom. The van der Waals surface area contributed by atoms with Crippen LogP contribution in [0.25, 0.3) is 0 Å². The summed E-state index contributed by atoms with van der Waals surface area (Å²) in [6, 6.07) is -0.796. The Hall–Kier alpha value is -2.18. The number of ether oxygens (including phenoxy) is 1. The average molecular weight is 429 g/mol. The SMILES string of the molecule is CC(NS(=O)(=O)CCCCCN1CC(=O)NC1=O)c1cnc(N2CCOCC2)[nH]1. The minimum atomic E-state index is -3.44. The molecule has 0 saturated carbocycles. The molecule has 12 heteroatoms. The fourth-order valence-corrected chi connectivity index (χ4v) is 4.67. The molecule has 3 heterocycles. The predicted molar refractivity (Wildman–Crippen MR) is 106 cm³/mol. The summed E-state index contributed by atoms with van der Waals surface area (Å²) < 4.78 is 32.7. The van der Waals surface area contributed by atoms with E-state index in [1.54, 1.807) is 13.1 Å². The number of carbonyl (C=O) groups is 2. The molecule has 3 amide bonds. The Labute approximate surface area is 170 Å². The summed E-state index contributed by atoms with van der Waals surface area (Å²) in [6.45, 7) is 5.10. The highest BCUT2D eigenvalue weighted by Crippen LogP contribution is 2.17. The van der Waals surface area contributed by atoms with Crippen molar-refractivity contribution in [2.75, 3.05) is 50.0 Å². The van der Waals surface area contributed by atoms with Gasteiger partial charge in [-0.05, 0) is 19.8 Å². The lowest BCUT2D eigenvalue weighted by atomic mass is 10.2. The van der Waals surface area contributed by atoms with Crippen LogP contribution in [0, 0.1) is 0 Å². The van der Waals surface area contributed by atoms with E-state index >= 15 is 0 Å². The minimum absolute atomic E-state index is 0.00687. The van der Waals surface area contributed by atoms with Crippen LogP contribution in [0.1, 0.15) is 37.9 Å². The van der Waals surface area contributed by atoms with E-state index in [0.29, 0.717) is 44.7 Å². The van der Waals surface area contributed by atoms with Gasteiger partial charge in [0.1, 0.15) is 6.54 Å². The maximum atomic E-state index is 12.3. The highest BCUT2D eigenvalue weighted by Gasteiger charge is 2.26. The maximum absolute atomic E-state index is 12.3. The van der Waals surface area contributed by atoms with Gasteiger partial charge in [0.25, 0.3) is 0 Å². The number of rotatable bonds is 10. The Morgan fingerprint density at radius 2 is 2.00 bits per heavy atom. The third kappa shape index (κ3) is 6.15. The molecule has 0 radical (unpaired) electrons. The average Bonchev–Trinajstić information content (AvgIpc) is 3.28. The smallest absolute Gasteiger partial charge is 0.324 e. The number of amides is 3. The lowest BCUT2D eigenvalue weighted by Gasteiger charge is -2.26. The standard InChI is InChI=1S/C17H28N6O5S/c1-13(14-11-18-16(19-14)22-6-8-28-9-7-22)21-29(26,27)10-4-2-3-5-23-12-15(24)20-17(23)25/h11,13,21H,2-10,12H2,1H3,(H,18,19)(H,20,24,25). The topological polar surface area (TPSA) is 137 Å². The van der Waals surface area contributed by atoms with E-state index in [4.69, 9.17) is 4.74 Å². The molecule has 3 N–H and O–H groups in total. The zero-order chi connectivity index (χ0) is 20.9. The molecule has 29 heavy (non-hydrogen) atoms. The summed E-state index contributed by atoms with van der Waals surface area (Å²) in [5.74, 6) is 0.428. The first kappa shape index (κ1) is 21.5. The number of H-pyrrole nitrogens is 1. The van der Waals surface area contributed by atoms with Crippen LogP contribution >= 0.6 is 0 Å². The molecule has 2 aliphatic rings. The Balaban J connectivity index is 1.39. The van der Waals surface area contributed by atoms with Gasteiger partial charge in [0.15, 0.2) is 0 Å². The van der Waals surface area contributed by atoms with E-state index in [1.165, 1.54) is 4.90 Å². The number of aromatic nitrogens is 2. The summed E-state index contributed by atoms with van der Waals surface area (Å²) in [7, 11) is -3.44. The van der Waals surface area contributed by atoms with Crippen molar-refractivity contribution in [3.63, 3.8) is 0 Å². The fraction of sp³-hybridized carbons (Fsp3) is 0.706. The number of imide groups is 1. The van der Waals surface area contributed by atoms with E-state index in [1.807, 2.05) is 0 Å². The predicted octanol–water partition coefficient (Wildman–Crippen LogP) is -0.0512. The number of morpholine rings is 1. The first-order valence-electron chi connectivity index (χ1n) is 9.80. The number of unbranched alkanes of at least 4 members (excludes halogenated alkanes) is 2. The van der Waals surface area contributed by atoms with Crippen molar-refractivity contribution < 1.29 is 22.7 Å². The normalized spacial score (nSPS) is 18.9. The van der Waals surface area contributed by atoms with Crippen molar-refractivity contribution in [2.24, 2.45) is 0 Å². The number of sulfonamides is 1. The van der Waals surface area contributed by atoms with Crippen molar-refractivity contribution in [3.8, 4) is 0 Å². The summed E-state index contributed by atoms with van der Waals surface area (Å²) in [6.07, 6.45) is 3.43. The van der Waals surface area contributed by atoms with Crippen LogP contribution in [-0.2, 0) is 19.6 Å². The highest BCUT2D eigenvalue weighted by molar-refractivity contribution is 7.89. The molecule has 1 aromatic rings. The molecular formula is C17H28N6O5S. The van der Waals surface area contributed by atoms with Crippen LogP contribution in [-0.4, -0.2) is 80.4 Å². The van der Waals surface area contributed by atoms with Crippen LogP contribution in [0.2, 0.25) is 0 Å². The third-order valence-electron chi connectivity index (χ3n) is 4.92. The zero-order valence-electron chi connectivity index (χ0n) is 16.5. The lowest BCUT2D eigenvalue weighted by Crippen LogP contribution is -2.37. The van der Waals surface area contributed by atoms with Gasteiger partial charge in [-0.15, -0.1) is 0 Å². The van der Waals surface area contributed by atoms with E-state index in [-0.39, 0.29) is 24.2 Å². The van der Waals surface area contributed by atoms with Crippen LogP contribution in [0.15, 0.2) is 6.20 Å². The molecule has 2 fully saturated rings. The van der Waals surface area contributed by atoms with Gasteiger partial charge in [0.2, 0.25) is 21.9 Å². The number of imidazole rings is 1. The van der Waals surface area contributed by atoms with Crippen LogP contribution < -0.4 is 14.9 Å². The molecule has 0 aromatic carbocycles. The molecule has 11 nitrogen and oxygen atoms in total. The molecule has 0 aliphatic carbocycles. The first-order chi connectivity index (χ1) is 13.8. The largest absolute Gasteiger partial charge is 0.378 e. The number of hydrogen-bond donors (Lipinski definition) is 3. The second-order valence-corrected chi connectivity index (χ2v) is 9.13. The van der Waals surface area contributed by atoms with Crippen LogP contribution in [0.4, 0.5) is 10.7 Å². The van der Waals surface area contributed by atoms with E-state index in [2.05, 4.69) is 24.9 Å². The van der Waals surface area contributed by atoms with Gasteiger partial charge >= 0.3 is 6.03 Å². The second-order valence-electron chi connectivity index (χ2n) is 7.26. The van der Waals surface area contributed by atoms with Crippen molar-refractivity contribution in [1.29, 1.82) is 0 Å². The summed E-state index contributed by atoms with van der Waals surface area (Å²) in [5, 5.41) is 2.22. The Bertz CT molecular complexity index is 820. The molecule has 2 aliphatic heterocycles. The number of nitrogens with zero attached hydrogens (tertiary/aromatic N) is 3. The number of carbonyl (C=O) groups excluding carboxylic acids is 2. The minimum Gasteiger partial charge on any atom is -0.378 e. The van der Waals surface area contributed by atoms with Crippen molar-refractivity contribution in [1.82, 2.24) is 24.9 Å². The highest BCUT2D eigenvalue weighted by atomic mass is 32.2. The van der Waals surface area contributed by atoms with Gasteiger partial charge in [0.05, 0.1) is 36.9 Å². The van der Waals surface area contributed by atoms with Gasteiger partial charge < -0.3 is 19.5 Å². The zero-order valence-corrected chi connectivity index (χ0v) is 17.3. The van der Waals surface area contributed by atoms with Crippen molar-refractivity contribution >= 4 is 27.9 Å². The van der Waals surface area contributed by atoms with E-state index < -0.39 is 16.1 Å². The van der Waals surface area contributed by atoms with Crippen LogP contribution in [0.5, 0.6) is 0 Å². The number of nitrogens with one attached hydrogen (secondary N) is 3. The summed E-state index contributed by atoms with van der Waals surface area (Å²) >= 11 is 0. The van der Waals surface area contributed by atoms with Crippen molar-refractivity contribution in [3.05, 3.63) is 11.9 Å².